The van der Waals surface area contributed by atoms with Crippen LogP contribution in [0.25, 0.3) is 0 Å². The summed E-state index contributed by atoms with van der Waals surface area (Å²) in [4.78, 5) is 12.0. The summed E-state index contributed by atoms with van der Waals surface area (Å²) in [6, 6.07) is 1.24. The second-order valence-corrected chi connectivity index (χ2v) is 8.71. The van der Waals surface area contributed by atoms with Gasteiger partial charge in [-0.05, 0) is 44.9 Å². The summed E-state index contributed by atoms with van der Waals surface area (Å²) in [5, 5.41) is 8.20. The lowest BCUT2D eigenvalue weighted by Gasteiger charge is -2.33. The fraction of sp³-hybridized carbons (Fsp3) is 0.733. The van der Waals surface area contributed by atoms with E-state index in [4.69, 9.17) is 9.98 Å². The van der Waals surface area contributed by atoms with E-state index in [2.05, 4.69) is 29.5 Å². The van der Waals surface area contributed by atoms with Crippen LogP contribution in [-0.4, -0.2) is 45.2 Å². The molecule has 0 unspecified atom stereocenters. The molecule has 2 atom stereocenters. The number of nitrogens with zero attached hydrogens (tertiary/aromatic N) is 3. The van der Waals surface area contributed by atoms with Gasteiger partial charge in [0.2, 0.25) is 0 Å². The molecule has 6 heteroatoms. The first-order valence-electron chi connectivity index (χ1n) is 7.79. The predicted octanol–water partition coefficient (Wildman–Crippen LogP) is 3.03. The van der Waals surface area contributed by atoms with Gasteiger partial charge in [-0.3, -0.25) is 9.98 Å². The summed E-state index contributed by atoms with van der Waals surface area (Å²) >= 11 is 3.63. The minimum absolute atomic E-state index is 0.0597. The van der Waals surface area contributed by atoms with Crippen molar-refractivity contribution in [3.63, 3.8) is 0 Å². The summed E-state index contributed by atoms with van der Waals surface area (Å²) in [7, 11) is 0. The van der Waals surface area contributed by atoms with Crippen LogP contribution < -0.4 is 5.32 Å². The molecular formula is C15H22N4S2. The van der Waals surface area contributed by atoms with E-state index in [0.29, 0.717) is 12.1 Å². The average molecular weight is 323 g/mol. The smallest absolute Gasteiger partial charge is 0.168 e. The van der Waals surface area contributed by atoms with Gasteiger partial charge in [0.05, 0.1) is 11.6 Å². The van der Waals surface area contributed by atoms with Crippen LogP contribution in [0.4, 0.5) is 0 Å². The van der Waals surface area contributed by atoms with Crippen LogP contribution in [0.5, 0.6) is 0 Å². The van der Waals surface area contributed by atoms with Crippen molar-refractivity contribution in [3.05, 3.63) is 11.1 Å². The average Bonchev–Trinajstić information content (AvgIpc) is 2.91. The van der Waals surface area contributed by atoms with Gasteiger partial charge in [-0.2, -0.15) is 0 Å². The third-order valence-electron chi connectivity index (χ3n) is 4.45. The molecule has 4 rings (SSSR count). The fourth-order valence-corrected chi connectivity index (χ4v) is 5.59. The molecule has 2 bridgehead atoms. The zero-order chi connectivity index (χ0) is 14.4. The van der Waals surface area contributed by atoms with E-state index < -0.39 is 0 Å². The number of nitrogens with one attached hydrogen (secondary N) is 1. The largest absolute Gasteiger partial charge is 0.362 e. The fourth-order valence-electron chi connectivity index (χ4n) is 3.43. The topological polar surface area (TPSA) is 40.0 Å². The third kappa shape index (κ3) is 2.84. The molecule has 3 heterocycles. The normalized spacial score (nSPS) is 33.0. The standard InChI is InChI=1S/C15H22N4S2/c1-15(2)9-19-12(8-21-14(19)18-15)7-20-13-16-10-4-3-5-11(6-10)17-13/h8,10-11H,3-7,9H2,1-2H3,(H,16,17)/t10-,11-/m1/s1. The SMILES string of the molecule is CC1(C)CN2C(CSC3=N[C@@H]4CCC[C@H](C4)N3)=CSC2=N1. The Morgan fingerprint density at radius 2 is 2.38 bits per heavy atom. The number of aliphatic imine (C=N–C) groups is 2. The van der Waals surface area contributed by atoms with Crippen LogP contribution in [0.1, 0.15) is 39.5 Å². The van der Waals surface area contributed by atoms with E-state index in [9.17, 15) is 0 Å². The third-order valence-corrected chi connectivity index (χ3v) is 6.30. The minimum Gasteiger partial charge on any atom is -0.362 e. The Labute approximate surface area is 134 Å². The molecule has 1 saturated carbocycles. The van der Waals surface area contributed by atoms with Crippen LogP contribution in [0.3, 0.4) is 0 Å². The Balaban J connectivity index is 1.38. The van der Waals surface area contributed by atoms with Gasteiger partial charge in [0.25, 0.3) is 0 Å². The quantitative estimate of drug-likeness (QED) is 0.848. The zero-order valence-electron chi connectivity index (χ0n) is 12.6. The molecule has 21 heavy (non-hydrogen) atoms. The lowest BCUT2D eigenvalue weighted by atomic mass is 9.90. The summed E-state index contributed by atoms with van der Waals surface area (Å²) in [6.45, 7) is 5.42. The lowest BCUT2D eigenvalue weighted by Crippen LogP contribution is -2.43. The maximum atomic E-state index is 4.86. The van der Waals surface area contributed by atoms with Crippen LogP contribution in [-0.2, 0) is 0 Å². The van der Waals surface area contributed by atoms with Crippen LogP contribution in [0.15, 0.2) is 21.1 Å². The second-order valence-electron chi connectivity index (χ2n) is 6.90. The van der Waals surface area contributed by atoms with Crippen molar-refractivity contribution in [1.29, 1.82) is 0 Å². The number of fused-ring (bicyclic) bond motifs is 3. The van der Waals surface area contributed by atoms with Gasteiger partial charge in [0, 0.05) is 24.0 Å². The number of amidine groups is 2. The van der Waals surface area contributed by atoms with Gasteiger partial charge in [0.1, 0.15) is 0 Å². The molecule has 0 amide bonds. The molecule has 0 spiro atoms. The molecule has 4 aliphatic rings. The molecule has 1 fully saturated rings. The van der Waals surface area contributed by atoms with Gasteiger partial charge in [0.15, 0.2) is 10.3 Å². The maximum Gasteiger partial charge on any atom is 0.168 e. The number of thioether (sulfide) groups is 2. The molecule has 0 saturated heterocycles. The van der Waals surface area contributed by atoms with Crippen molar-refractivity contribution >= 4 is 33.9 Å². The monoisotopic (exact) mass is 322 g/mol. The number of rotatable bonds is 2. The highest BCUT2D eigenvalue weighted by atomic mass is 32.2. The summed E-state index contributed by atoms with van der Waals surface area (Å²) < 4.78 is 0. The van der Waals surface area contributed by atoms with Gasteiger partial charge >= 0.3 is 0 Å². The maximum absolute atomic E-state index is 4.86. The van der Waals surface area contributed by atoms with Gasteiger partial charge in [-0.15, -0.1) is 0 Å². The Morgan fingerprint density at radius 3 is 3.24 bits per heavy atom. The van der Waals surface area contributed by atoms with Crippen LogP contribution in [0.2, 0.25) is 0 Å². The van der Waals surface area contributed by atoms with E-state index >= 15 is 0 Å². The van der Waals surface area contributed by atoms with Gasteiger partial charge < -0.3 is 10.2 Å². The lowest BCUT2D eigenvalue weighted by molar-refractivity contribution is 0.355. The Bertz CT molecular complexity index is 538. The van der Waals surface area contributed by atoms with Crippen molar-refractivity contribution in [2.45, 2.75) is 57.2 Å². The van der Waals surface area contributed by atoms with E-state index in [-0.39, 0.29) is 5.54 Å². The summed E-state index contributed by atoms with van der Waals surface area (Å²) in [5.74, 6) is 0.993. The molecule has 1 aliphatic carbocycles. The molecule has 0 aromatic carbocycles. The van der Waals surface area contributed by atoms with E-state index in [1.165, 1.54) is 36.5 Å². The highest BCUT2D eigenvalue weighted by Crippen LogP contribution is 2.37. The Kier molecular flexibility index (Phi) is 3.49. The van der Waals surface area contributed by atoms with Crippen LogP contribution in [0, 0.1) is 0 Å². The van der Waals surface area contributed by atoms with Crippen molar-refractivity contribution in [1.82, 2.24) is 10.2 Å². The first-order valence-corrected chi connectivity index (χ1v) is 9.66. The van der Waals surface area contributed by atoms with E-state index in [1.54, 1.807) is 11.8 Å². The second kappa shape index (κ2) is 5.23. The number of hydrogen-bond acceptors (Lipinski definition) is 6. The van der Waals surface area contributed by atoms with Gasteiger partial charge in [-0.25, -0.2) is 0 Å². The summed E-state index contributed by atoms with van der Waals surface area (Å²) in [5.41, 5.74) is 1.44. The van der Waals surface area contributed by atoms with Crippen molar-refractivity contribution in [2.24, 2.45) is 9.98 Å². The Hall–Kier alpha value is -0.620. The number of hydrogen-bond donors (Lipinski definition) is 1. The molecule has 1 N–H and O–H groups in total. The highest BCUT2D eigenvalue weighted by molar-refractivity contribution is 8.17. The van der Waals surface area contributed by atoms with E-state index in [0.717, 1.165) is 17.5 Å². The Morgan fingerprint density at radius 1 is 1.48 bits per heavy atom. The first-order chi connectivity index (χ1) is 10.1. The van der Waals surface area contributed by atoms with Gasteiger partial charge in [-0.1, -0.05) is 23.5 Å². The molecule has 0 radical (unpaired) electrons. The predicted molar refractivity (Wildman–Crippen MR) is 93.0 cm³/mol. The molecule has 0 aromatic heterocycles. The highest BCUT2D eigenvalue weighted by Gasteiger charge is 2.36. The molecule has 0 aromatic rings. The molecular weight excluding hydrogens is 300 g/mol. The van der Waals surface area contributed by atoms with E-state index in [1.807, 2.05) is 11.8 Å². The molecule has 4 nitrogen and oxygen atoms in total. The van der Waals surface area contributed by atoms with Crippen LogP contribution >= 0.6 is 23.5 Å². The van der Waals surface area contributed by atoms with Crippen molar-refractivity contribution < 1.29 is 0 Å². The summed E-state index contributed by atoms with van der Waals surface area (Å²) in [6.07, 6.45) is 5.15. The minimum atomic E-state index is 0.0597. The zero-order valence-corrected chi connectivity index (χ0v) is 14.3. The molecule has 114 valence electrons. The van der Waals surface area contributed by atoms with Crippen molar-refractivity contribution in [3.8, 4) is 0 Å². The molecule has 3 aliphatic heterocycles. The van der Waals surface area contributed by atoms with Crippen molar-refractivity contribution in [2.75, 3.05) is 12.3 Å². The first kappa shape index (κ1) is 14.0.